The Bertz CT molecular complexity index is 539. The van der Waals surface area contributed by atoms with Crippen LogP contribution in [0.15, 0.2) is 46.9 Å². The molecule has 0 saturated heterocycles. The summed E-state index contributed by atoms with van der Waals surface area (Å²) in [6, 6.07) is 12.7. The van der Waals surface area contributed by atoms with E-state index in [4.69, 9.17) is 21.8 Å². The fraction of sp³-hybridized carbons (Fsp3) is 0.214. The molecular formula is C14H15ClN2O2. The average molecular weight is 279 g/mol. The highest BCUT2D eigenvalue weighted by Gasteiger charge is 2.11. The minimum absolute atomic E-state index is 0.0957. The first-order valence-corrected chi connectivity index (χ1v) is 6.38. The number of hydrogen-bond donors (Lipinski definition) is 2. The Morgan fingerprint density at radius 2 is 2.00 bits per heavy atom. The van der Waals surface area contributed by atoms with Gasteiger partial charge in [0.25, 0.3) is 5.91 Å². The molecule has 1 aromatic carbocycles. The first-order chi connectivity index (χ1) is 9.16. The van der Waals surface area contributed by atoms with Crippen LogP contribution in [0.1, 0.15) is 28.6 Å². The standard InChI is InChI=1S/C14H15ClN2O2/c15-13-7-6-12(19-13)14(18)17-9-8-11(16)10-4-2-1-3-5-10/h1-7,11H,8-9,16H2,(H,17,18). The fourth-order valence-electron chi connectivity index (χ4n) is 1.73. The molecule has 3 N–H and O–H groups in total. The summed E-state index contributed by atoms with van der Waals surface area (Å²) in [5.41, 5.74) is 7.08. The second-order valence-electron chi connectivity index (χ2n) is 4.17. The Morgan fingerprint density at radius 1 is 1.26 bits per heavy atom. The van der Waals surface area contributed by atoms with E-state index in [9.17, 15) is 4.79 Å². The van der Waals surface area contributed by atoms with E-state index in [0.29, 0.717) is 13.0 Å². The van der Waals surface area contributed by atoms with Crippen molar-refractivity contribution in [3.8, 4) is 0 Å². The van der Waals surface area contributed by atoms with Gasteiger partial charge >= 0.3 is 0 Å². The largest absolute Gasteiger partial charge is 0.440 e. The molecule has 0 radical (unpaired) electrons. The van der Waals surface area contributed by atoms with Crippen LogP contribution >= 0.6 is 11.6 Å². The summed E-state index contributed by atoms with van der Waals surface area (Å²) >= 11 is 5.60. The van der Waals surface area contributed by atoms with E-state index in [1.165, 1.54) is 12.1 Å². The highest BCUT2D eigenvalue weighted by atomic mass is 35.5. The number of nitrogens with one attached hydrogen (secondary N) is 1. The topological polar surface area (TPSA) is 68.3 Å². The molecule has 1 aromatic heterocycles. The van der Waals surface area contributed by atoms with Crippen molar-refractivity contribution in [3.05, 3.63) is 59.0 Å². The zero-order valence-corrected chi connectivity index (χ0v) is 11.1. The maximum atomic E-state index is 11.7. The molecule has 0 aliphatic rings. The van der Waals surface area contributed by atoms with Crippen molar-refractivity contribution >= 4 is 17.5 Å². The molecule has 2 rings (SSSR count). The van der Waals surface area contributed by atoms with Gasteiger partial charge in [0.2, 0.25) is 0 Å². The normalized spacial score (nSPS) is 12.1. The van der Waals surface area contributed by atoms with Gasteiger partial charge in [-0.2, -0.15) is 0 Å². The number of amides is 1. The van der Waals surface area contributed by atoms with Crippen LogP contribution in [0.25, 0.3) is 0 Å². The molecule has 1 unspecified atom stereocenters. The van der Waals surface area contributed by atoms with E-state index < -0.39 is 0 Å². The van der Waals surface area contributed by atoms with Crippen LogP contribution in [0.2, 0.25) is 5.22 Å². The first-order valence-electron chi connectivity index (χ1n) is 6.01. The third-order valence-corrected chi connectivity index (χ3v) is 2.97. The number of carbonyl (C=O) groups excluding carboxylic acids is 1. The predicted octanol–water partition coefficient (Wildman–Crippen LogP) is 2.75. The molecule has 19 heavy (non-hydrogen) atoms. The summed E-state index contributed by atoms with van der Waals surface area (Å²) in [5, 5.41) is 2.94. The first kappa shape index (κ1) is 13.6. The monoisotopic (exact) mass is 278 g/mol. The second kappa shape index (κ2) is 6.41. The lowest BCUT2D eigenvalue weighted by molar-refractivity contribution is 0.0925. The maximum Gasteiger partial charge on any atom is 0.287 e. The van der Waals surface area contributed by atoms with Crippen LogP contribution in [0.4, 0.5) is 0 Å². The average Bonchev–Trinajstić information content (AvgIpc) is 2.86. The molecule has 0 fully saturated rings. The van der Waals surface area contributed by atoms with Crippen molar-refractivity contribution < 1.29 is 9.21 Å². The highest BCUT2D eigenvalue weighted by molar-refractivity contribution is 6.29. The minimum Gasteiger partial charge on any atom is -0.440 e. The summed E-state index contributed by atoms with van der Waals surface area (Å²) in [7, 11) is 0. The molecule has 4 nitrogen and oxygen atoms in total. The van der Waals surface area contributed by atoms with Gasteiger partial charge in [0.15, 0.2) is 11.0 Å². The van der Waals surface area contributed by atoms with Gasteiger partial charge in [0, 0.05) is 12.6 Å². The summed E-state index contributed by atoms with van der Waals surface area (Å²) in [4.78, 5) is 11.7. The molecule has 2 aromatic rings. The molecule has 0 aliphatic heterocycles. The highest BCUT2D eigenvalue weighted by Crippen LogP contribution is 2.14. The van der Waals surface area contributed by atoms with Gasteiger partial charge in [-0.1, -0.05) is 30.3 Å². The second-order valence-corrected chi connectivity index (χ2v) is 4.54. The maximum absolute atomic E-state index is 11.7. The summed E-state index contributed by atoms with van der Waals surface area (Å²) in [6.45, 7) is 0.479. The van der Waals surface area contributed by atoms with Crippen LogP contribution in [0.5, 0.6) is 0 Å². The van der Waals surface area contributed by atoms with E-state index in [1.54, 1.807) is 0 Å². The molecule has 5 heteroatoms. The van der Waals surface area contributed by atoms with Crippen molar-refractivity contribution in [2.24, 2.45) is 5.73 Å². The van der Waals surface area contributed by atoms with E-state index in [-0.39, 0.29) is 22.9 Å². The minimum atomic E-state index is -0.285. The zero-order chi connectivity index (χ0) is 13.7. The van der Waals surface area contributed by atoms with Gasteiger partial charge in [-0.25, -0.2) is 0 Å². The van der Waals surface area contributed by atoms with Gasteiger partial charge in [0.05, 0.1) is 0 Å². The van der Waals surface area contributed by atoms with Crippen molar-refractivity contribution in [2.45, 2.75) is 12.5 Å². The lowest BCUT2D eigenvalue weighted by Gasteiger charge is -2.12. The summed E-state index contributed by atoms with van der Waals surface area (Å²) in [6.07, 6.45) is 0.657. The Kier molecular flexibility index (Phi) is 4.60. The lowest BCUT2D eigenvalue weighted by atomic mass is 10.1. The molecule has 1 atom stereocenters. The fourth-order valence-corrected chi connectivity index (χ4v) is 1.88. The molecule has 100 valence electrons. The Labute approximate surface area is 116 Å². The quantitative estimate of drug-likeness (QED) is 0.884. The zero-order valence-electron chi connectivity index (χ0n) is 10.3. The van der Waals surface area contributed by atoms with Crippen molar-refractivity contribution in [2.75, 3.05) is 6.54 Å². The van der Waals surface area contributed by atoms with Gasteiger partial charge in [-0.05, 0) is 35.7 Å². The number of furan rings is 1. The number of rotatable bonds is 5. The Hall–Kier alpha value is -1.78. The molecular weight excluding hydrogens is 264 g/mol. The van der Waals surface area contributed by atoms with E-state index in [1.807, 2.05) is 30.3 Å². The lowest BCUT2D eigenvalue weighted by Crippen LogP contribution is -2.26. The summed E-state index contributed by atoms with van der Waals surface area (Å²) in [5.74, 6) is -0.0783. The number of hydrogen-bond acceptors (Lipinski definition) is 3. The van der Waals surface area contributed by atoms with E-state index in [2.05, 4.69) is 5.32 Å². The van der Waals surface area contributed by atoms with Gasteiger partial charge in [0.1, 0.15) is 0 Å². The smallest absolute Gasteiger partial charge is 0.287 e. The third kappa shape index (κ3) is 3.84. The number of halogens is 1. The van der Waals surface area contributed by atoms with Crippen molar-refractivity contribution in [3.63, 3.8) is 0 Å². The SMILES string of the molecule is NC(CCNC(=O)c1ccc(Cl)o1)c1ccccc1. The number of benzene rings is 1. The Morgan fingerprint density at radius 3 is 2.63 bits per heavy atom. The molecule has 0 bridgehead atoms. The summed E-state index contributed by atoms with van der Waals surface area (Å²) < 4.78 is 5.01. The van der Waals surface area contributed by atoms with Gasteiger partial charge < -0.3 is 15.5 Å². The number of nitrogens with two attached hydrogens (primary N) is 1. The van der Waals surface area contributed by atoms with Crippen LogP contribution in [0.3, 0.4) is 0 Å². The molecule has 0 saturated carbocycles. The van der Waals surface area contributed by atoms with Crippen LogP contribution in [-0.4, -0.2) is 12.5 Å². The van der Waals surface area contributed by atoms with Gasteiger partial charge in [-0.15, -0.1) is 0 Å². The van der Waals surface area contributed by atoms with Crippen molar-refractivity contribution in [1.82, 2.24) is 5.32 Å². The van der Waals surface area contributed by atoms with E-state index in [0.717, 1.165) is 5.56 Å². The van der Waals surface area contributed by atoms with Crippen LogP contribution < -0.4 is 11.1 Å². The number of carbonyl (C=O) groups is 1. The molecule has 1 heterocycles. The van der Waals surface area contributed by atoms with E-state index >= 15 is 0 Å². The molecule has 0 spiro atoms. The van der Waals surface area contributed by atoms with Crippen LogP contribution in [-0.2, 0) is 0 Å². The van der Waals surface area contributed by atoms with Crippen LogP contribution in [0, 0.1) is 0 Å². The third-order valence-electron chi connectivity index (χ3n) is 2.77. The van der Waals surface area contributed by atoms with Gasteiger partial charge in [-0.3, -0.25) is 4.79 Å². The van der Waals surface area contributed by atoms with Crippen molar-refractivity contribution in [1.29, 1.82) is 0 Å². The molecule has 0 aliphatic carbocycles. The predicted molar refractivity (Wildman–Crippen MR) is 74.0 cm³/mol. The Balaban J connectivity index is 1.79. The molecule has 1 amide bonds.